The molecule has 0 bridgehead atoms. The highest BCUT2D eigenvalue weighted by atomic mass is 16.5. The predicted molar refractivity (Wildman–Crippen MR) is 115 cm³/mol. The Morgan fingerprint density at radius 3 is 2.17 bits per heavy atom. The predicted octanol–water partition coefficient (Wildman–Crippen LogP) is 2.97. The lowest BCUT2D eigenvalue weighted by atomic mass is 10.1. The molecule has 0 aromatic heterocycles. The molecule has 156 valence electrons. The van der Waals surface area contributed by atoms with Crippen LogP contribution in [-0.2, 0) is 17.9 Å². The zero-order valence-corrected chi connectivity index (χ0v) is 17.5. The van der Waals surface area contributed by atoms with E-state index in [0.29, 0.717) is 24.5 Å². The van der Waals surface area contributed by atoms with E-state index in [2.05, 4.69) is 35.4 Å². The van der Waals surface area contributed by atoms with Gasteiger partial charge in [-0.05, 0) is 55.4 Å². The van der Waals surface area contributed by atoms with Gasteiger partial charge in [0.2, 0.25) is 5.91 Å². The fraction of sp³-hybridized carbons (Fsp3) is 0.391. The lowest BCUT2D eigenvalue weighted by Gasteiger charge is -2.20. The fourth-order valence-electron chi connectivity index (χ4n) is 2.96. The molecule has 0 saturated carbocycles. The van der Waals surface area contributed by atoms with E-state index >= 15 is 0 Å². The van der Waals surface area contributed by atoms with Gasteiger partial charge >= 0.3 is 0 Å². The molecule has 2 aromatic rings. The van der Waals surface area contributed by atoms with Gasteiger partial charge in [-0.3, -0.25) is 14.5 Å². The Bertz CT molecular complexity index is 786. The highest BCUT2D eigenvalue weighted by molar-refractivity contribution is 5.96. The fourth-order valence-corrected chi connectivity index (χ4v) is 2.96. The number of benzene rings is 2. The first-order valence-corrected chi connectivity index (χ1v) is 10.1. The monoisotopic (exact) mass is 397 g/mol. The normalized spacial score (nSPS) is 10.6. The highest BCUT2D eigenvalue weighted by Gasteiger charge is 2.10. The van der Waals surface area contributed by atoms with Crippen molar-refractivity contribution in [3.05, 3.63) is 65.2 Å². The van der Waals surface area contributed by atoms with Crippen LogP contribution in [0.25, 0.3) is 0 Å². The second kappa shape index (κ2) is 11.9. The lowest BCUT2D eigenvalue weighted by Crippen LogP contribution is -2.36. The number of hydrogen-bond donors (Lipinski definition) is 2. The molecule has 0 fully saturated rings. The molecular formula is C23H31N3O3. The van der Waals surface area contributed by atoms with E-state index < -0.39 is 0 Å². The summed E-state index contributed by atoms with van der Waals surface area (Å²) in [5.74, 6) is 0.206. The van der Waals surface area contributed by atoms with Crippen LogP contribution in [0.4, 0.5) is 0 Å². The van der Waals surface area contributed by atoms with E-state index in [9.17, 15) is 9.59 Å². The highest BCUT2D eigenvalue weighted by Crippen LogP contribution is 2.13. The van der Waals surface area contributed by atoms with E-state index in [1.807, 2.05) is 25.1 Å². The van der Waals surface area contributed by atoms with Crippen LogP contribution >= 0.6 is 0 Å². The SMILES string of the molecule is CCOc1ccc(C(=O)NCC(=O)NCc2ccccc2CN(CC)CC)cc1. The number of carbonyl (C=O) groups excluding carboxylic acids is 2. The Morgan fingerprint density at radius 2 is 1.55 bits per heavy atom. The van der Waals surface area contributed by atoms with Crippen molar-refractivity contribution in [3.8, 4) is 5.75 Å². The Morgan fingerprint density at radius 1 is 0.897 bits per heavy atom. The van der Waals surface area contributed by atoms with Crippen molar-refractivity contribution in [1.82, 2.24) is 15.5 Å². The minimum Gasteiger partial charge on any atom is -0.494 e. The third-order valence-corrected chi connectivity index (χ3v) is 4.72. The summed E-state index contributed by atoms with van der Waals surface area (Å²) in [6.07, 6.45) is 0. The van der Waals surface area contributed by atoms with Crippen molar-refractivity contribution in [2.75, 3.05) is 26.2 Å². The van der Waals surface area contributed by atoms with Crippen molar-refractivity contribution in [2.45, 2.75) is 33.9 Å². The van der Waals surface area contributed by atoms with Crippen LogP contribution in [-0.4, -0.2) is 43.0 Å². The van der Waals surface area contributed by atoms with Gasteiger partial charge in [-0.2, -0.15) is 0 Å². The first-order chi connectivity index (χ1) is 14.1. The van der Waals surface area contributed by atoms with Crippen LogP contribution in [0.1, 0.15) is 42.3 Å². The third-order valence-electron chi connectivity index (χ3n) is 4.72. The van der Waals surface area contributed by atoms with Crippen LogP contribution in [0.3, 0.4) is 0 Å². The molecule has 0 spiro atoms. The van der Waals surface area contributed by atoms with Crippen molar-refractivity contribution in [3.63, 3.8) is 0 Å². The van der Waals surface area contributed by atoms with Gasteiger partial charge in [-0.1, -0.05) is 38.1 Å². The smallest absolute Gasteiger partial charge is 0.251 e. The van der Waals surface area contributed by atoms with E-state index in [4.69, 9.17) is 4.74 Å². The Hall–Kier alpha value is -2.86. The number of nitrogens with zero attached hydrogens (tertiary/aromatic N) is 1. The molecule has 2 rings (SSSR count). The molecule has 2 amide bonds. The van der Waals surface area contributed by atoms with E-state index in [-0.39, 0.29) is 18.4 Å². The van der Waals surface area contributed by atoms with Gasteiger partial charge in [0.25, 0.3) is 5.91 Å². The maximum atomic E-state index is 12.2. The third kappa shape index (κ3) is 7.23. The number of carbonyl (C=O) groups is 2. The summed E-state index contributed by atoms with van der Waals surface area (Å²) in [7, 11) is 0. The first-order valence-electron chi connectivity index (χ1n) is 10.1. The molecule has 0 aliphatic heterocycles. The average Bonchev–Trinajstić information content (AvgIpc) is 2.75. The van der Waals surface area contributed by atoms with Gasteiger partial charge in [0, 0.05) is 18.7 Å². The number of amides is 2. The maximum absolute atomic E-state index is 12.2. The maximum Gasteiger partial charge on any atom is 0.251 e. The molecule has 0 aliphatic rings. The van der Waals surface area contributed by atoms with Crippen LogP contribution in [0.5, 0.6) is 5.75 Å². The van der Waals surface area contributed by atoms with Gasteiger partial charge in [0.1, 0.15) is 5.75 Å². The summed E-state index contributed by atoms with van der Waals surface area (Å²) in [6.45, 7) is 9.95. The van der Waals surface area contributed by atoms with Gasteiger partial charge < -0.3 is 15.4 Å². The van der Waals surface area contributed by atoms with Crippen molar-refractivity contribution in [2.24, 2.45) is 0 Å². The van der Waals surface area contributed by atoms with E-state index in [1.165, 1.54) is 5.56 Å². The quantitative estimate of drug-likeness (QED) is 0.612. The number of rotatable bonds is 11. The zero-order valence-electron chi connectivity index (χ0n) is 17.5. The molecule has 6 nitrogen and oxygen atoms in total. The van der Waals surface area contributed by atoms with Crippen LogP contribution in [0, 0.1) is 0 Å². The molecule has 0 saturated heterocycles. The van der Waals surface area contributed by atoms with E-state index in [0.717, 1.165) is 25.2 Å². The van der Waals surface area contributed by atoms with E-state index in [1.54, 1.807) is 24.3 Å². The van der Waals surface area contributed by atoms with Gasteiger partial charge in [-0.15, -0.1) is 0 Å². The molecule has 0 radical (unpaired) electrons. The van der Waals surface area contributed by atoms with Crippen LogP contribution in [0.2, 0.25) is 0 Å². The van der Waals surface area contributed by atoms with Crippen molar-refractivity contribution >= 4 is 11.8 Å². The Kier molecular flexibility index (Phi) is 9.18. The topological polar surface area (TPSA) is 70.7 Å². The minimum atomic E-state index is -0.287. The number of hydrogen-bond acceptors (Lipinski definition) is 4. The molecule has 2 N–H and O–H groups in total. The van der Waals surface area contributed by atoms with Crippen LogP contribution in [0.15, 0.2) is 48.5 Å². The van der Waals surface area contributed by atoms with Crippen molar-refractivity contribution in [1.29, 1.82) is 0 Å². The molecular weight excluding hydrogens is 366 g/mol. The van der Waals surface area contributed by atoms with Gasteiger partial charge in [0.15, 0.2) is 0 Å². The Balaban J connectivity index is 1.83. The van der Waals surface area contributed by atoms with Gasteiger partial charge in [0.05, 0.1) is 13.2 Å². The lowest BCUT2D eigenvalue weighted by molar-refractivity contribution is -0.120. The zero-order chi connectivity index (χ0) is 21.1. The summed E-state index contributed by atoms with van der Waals surface area (Å²) in [4.78, 5) is 26.7. The molecule has 0 atom stereocenters. The second-order valence-electron chi connectivity index (χ2n) is 6.65. The molecule has 0 aliphatic carbocycles. The number of ether oxygens (including phenoxy) is 1. The standard InChI is InChI=1S/C23H31N3O3/c1-4-26(5-2)17-20-10-8-7-9-19(20)15-24-22(27)16-25-23(28)18-11-13-21(14-12-18)29-6-3/h7-14H,4-6,15-17H2,1-3H3,(H,24,27)(H,25,28). The van der Waals surface area contributed by atoms with Gasteiger partial charge in [-0.25, -0.2) is 0 Å². The minimum absolute atomic E-state index is 0.0652. The summed E-state index contributed by atoms with van der Waals surface area (Å²) < 4.78 is 5.36. The first kappa shape index (κ1) is 22.4. The summed E-state index contributed by atoms with van der Waals surface area (Å²) in [5.41, 5.74) is 2.78. The Labute approximate surface area is 173 Å². The molecule has 0 heterocycles. The molecule has 6 heteroatoms. The average molecular weight is 398 g/mol. The largest absolute Gasteiger partial charge is 0.494 e. The second-order valence-corrected chi connectivity index (χ2v) is 6.65. The van der Waals surface area contributed by atoms with Crippen molar-refractivity contribution < 1.29 is 14.3 Å². The summed E-state index contributed by atoms with van der Waals surface area (Å²) >= 11 is 0. The number of nitrogens with one attached hydrogen (secondary N) is 2. The summed E-state index contributed by atoms with van der Waals surface area (Å²) in [6, 6.07) is 15.0. The molecule has 29 heavy (non-hydrogen) atoms. The molecule has 0 unspecified atom stereocenters. The van der Waals surface area contributed by atoms with Crippen LogP contribution < -0.4 is 15.4 Å². The summed E-state index contributed by atoms with van der Waals surface area (Å²) in [5, 5.41) is 5.54. The molecule has 2 aromatic carbocycles.